The molecule has 0 aromatic heterocycles. The molecule has 0 radical (unpaired) electrons. The van der Waals surface area contributed by atoms with Crippen LogP contribution < -0.4 is 5.32 Å². The first-order chi connectivity index (χ1) is 11.7. The molecule has 0 aliphatic heterocycles. The van der Waals surface area contributed by atoms with Crippen molar-refractivity contribution in [1.29, 1.82) is 0 Å². The van der Waals surface area contributed by atoms with Crippen LogP contribution in [-0.2, 0) is 12.0 Å². The summed E-state index contributed by atoms with van der Waals surface area (Å²) in [5, 5.41) is 3.52. The van der Waals surface area contributed by atoms with Crippen molar-refractivity contribution in [2.75, 3.05) is 6.54 Å². The smallest absolute Gasteiger partial charge is 0.123 e. The number of nitrogens with one attached hydrogen (secondary N) is 1. The molecule has 2 aromatic carbocycles. The molecule has 126 valence electrons. The van der Waals surface area contributed by atoms with Gasteiger partial charge in [-0.05, 0) is 60.4 Å². The molecule has 0 unspecified atom stereocenters. The van der Waals surface area contributed by atoms with Crippen LogP contribution in [0.25, 0.3) is 0 Å². The minimum atomic E-state index is -0.695. The van der Waals surface area contributed by atoms with Crippen molar-refractivity contribution in [3.05, 3.63) is 71.0 Å². The van der Waals surface area contributed by atoms with Crippen LogP contribution in [0.5, 0.6) is 0 Å². The minimum absolute atomic E-state index is 0.0968. The van der Waals surface area contributed by atoms with Gasteiger partial charge in [-0.15, -0.1) is 0 Å². The first-order valence-corrected chi connectivity index (χ1v) is 8.85. The summed E-state index contributed by atoms with van der Waals surface area (Å²) in [7, 11) is 0. The Morgan fingerprint density at radius 1 is 1.04 bits per heavy atom. The zero-order chi connectivity index (χ0) is 16.6. The van der Waals surface area contributed by atoms with E-state index in [4.69, 9.17) is 0 Å². The third-order valence-electron chi connectivity index (χ3n) is 5.51. The monoisotopic (exact) mass is 327 g/mol. The first kappa shape index (κ1) is 15.8. The lowest BCUT2D eigenvalue weighted by molar-refractivity contribution is 0.0920. The van der Waals surface area contributed by atoms with Gasteiger partial charge in [0.2, 0.25) is 0 Å². The van der Waals surface area contributed by atoms with E-state index in [-0.39, 0.29) is 11.2 Å². The Labute approximate surface area is 142 Å². The van der Waals surface area contributed by atoms with Crippen LogP contribution in [0.4, 0.5) is 8.78 Å². The van der Waals surface area contributed by atoms with Crippen molar-refractivity contribution in [2.24, 2.45) is 0 Å². The normalized spacial score (nSPS) is 26.2. The Hall–Kier alpha value is -1.74. The number of rotatable bonds is 6. The predicted molar refractivity (Wildman–Crippen MR) is 92.3 cm³/mol. The Kier molecular flexibility index (Phi) is 4.13. The Balaban J connectivity index is 1.45. The molecule has 2 aliphatic rings. The number of halogens is 2. The third-order valence-corrected chi connectivity index (χ3v) is 5.51. The molecule has 0 spiro atoms. The van der Waals surface area contributed by atoms with Crippen molar-refractivity contribution in [1.82, 2.24) is 5.32 Å². The fourth-order valence-electron chi connectivity index (χ4n) is 4.00. The average Bonchev–Trinajstić information content (AvgIpc) is 3.40. The molecule has 0 saturated heterocycles. The van der Waals surface area contributed by atoms with E-state index < -0.39 is 6.17 Å². The quantitative estimate of drug-likeness (QED) is 0.799. The van der Waals surface area contributed by atoms with E-state index in [0.717, 1.165) is 31.5 Å². The Morgan fingerprint density at radius 2 is 1.79 bits per heavy atom. The third kappa shape index (κ3) is 3.10. The van der Waals surface area contributed by atoms with Crippen LogP contribution in [0.15, 0.2) is 48.5 Å². The molecule has 0 amide bonds. The van der Waals surface area contributed by atoms with Gasteiger partial charge in [0.05, 0.1) is 0 Å². The van der Waals surface area contributed by atoms with E-state index in [0.29, 0.717) is 18.8 Å². The maximum absolute atomic E-state index is 13.6. The van der Waals surface area contributed by atoms with Crippen molar-refractivity contribution in [3.63, 3.8) is 0 Å². The lowest BCUT2D eigenvalue weighted by Gasteiger charge is -2.45. The highest BCUT2D eigenvalue weighted by Gasteiger charge is 2.45. The summed E-state index contributed by atoms with van der Waals surface area (Å²) < 4.78 is 27.1. The molecule has 1 N–H and O–H groups in total. The van der Waals surface area contributed by atoms with E-state index in [1.54, 1.807) is 6.07 Å². The second-order valence-corrected chi connectivity index (χ2v) is 7.37. The zero-order valence-electron chi connectivity index (χ0n) is 13.8. The van der Waals surface area contributed by atoms with Crippen LogP contribution in [0, 0.1) is 5.82 Å². The second kappa shape index (κ2) is 6.29. The van der Waals surface area contributed by atoms with E-state index in [2.05, 4.69) is 17.4 Å². The van der Waals surface area contributed by atoms with Gasteiger partial charge in [0, 0.05) is 18.5 Å². The molecule has 1 nitrogen and oxygen atoms in total. The Morgan fingerprint density at radius 3 is 2.46 bits per heavy atom. The maximum atomic E-state index is 13.6. The highest BCUT2D eigenvalue weighted by atomic mass is 19.1. The minimum Gasteiger partial charge on any atom is -0.312 e. The van der Waals surface area contributed by atoms with Gasteiger partial charge in [-0.25, -0.2) is 8.78 Å². The van der Waals surface area contributed by atoms with Crippen molar-refractivity contribution >= 4 is 0 Å². The number of alkyl halides is 1. The van der Waals surface area contributed by atoms with E-state index in [9.17, 15) is 8.78 Å². The number of hydrogen-bond donors (Lipinski definition) is 1. The summed E-state index contributed by atoms with van der Waals surface area (Å²) in [6, 6.07) is 15.4. The molecular formula is C21H23F2N. The molecule has 3 heteroatoms. The van der Waals surface area contributed by atoms with Crippen molar-refractivity contribution in [2.45, 2.75) is 49.7 Å². The largest absolute Gasteiger partial charge is 0.312 e. The van der Waals surface area contributed by atoms with Crippen LogP contribution in [-0.4, -0.2) is 12.7 Å². The van der Waals surface area contributed by atoms with Crippen LogP contribution in [0.3, 0.4) is 0 Å². The molecule has 2 saturated carbocycles. The molecule has 0 heterocycles. The zero-order valence-corrected chi connectivity index (χ0v) is 13.8. The molecule has 0 bridgehead atoms. The summed E-state index contributed by atoms with van der Waals surface area (Å²) in [6.45, 7) is 1.48. The standard InChI is InChI=1S/C21H23F2N/c22-18-9-8-16(20(10-18)15-6-7-15)13-24-14-21(11-19(23)12-21)17-4-2-1-3-5-17/h1-5,8-10,15,19,24H,6-7,11-14H2. The second-order valence-electron chi connectivity index (χ2n) is 7.37. The highest BCUT2D eigenvalue weighted by Crippen LogP contribution is 2.45. The van der Waals surface area contributed by atoms with Gasteiger partial charge >= 0.3 is 0 Å². The summed E-state index contributed by atoms with van der Waals surface area (Å²) in [5.41, 5.74) is 3.44. The summed E-state index contributed by atoms with van der Waals surface area (Å²) in [5.74, 6) is 0.375. The van der Waals surface area contributed by atoms with Gasteiger partial charge in [0.1, 0.15) is 12.0 Å². The molecule has 2 aliphatic carbocycles. The molecule has 4 rings (SSSR count). The van der Waals surface area contributed by atoms with E-state index >= 15 is 0 Å². The predicted octanol–water partition coefficient (Wildman–Crippen LogP) is 4.86. The number of benzene rings is 2. The van der Waals surface area contributed by atoms with Gasteiger partial charge in [0.15, 0.2) is 0 Å². The highest BCUT2D eigenvalue weighted by molar-refractivity contribution is 5.34. The summed E-state index contributed by atoms with van der Waals surface area (Å²) >= 11 is 0. The van der Waals surface area contributed by atoms with Crippen molar-refractivity contribution in [3.8, 4) is 0 Å². The van der Waals surface area contributed by atoms with Gasteiger partial charge in [-0.3, -0.25) is 0 Å². The fourth-order valence-corrected chi connectivity index (χ4v) is 4.00. The lowest BCUT2D eigenvalue weighted by Crippen LogP contribution is -2.49. The maximum Gasteiger partial charge on any atom is 0.123 e. The summed E-state index contributed by atoms with van der Waals surface area (Å²) in [4.78, 5) is 0. The number of hydrogen-bond acceptors (Lipinski definition) is 1. The van der Waals surface area contributed by atoms with Crippen LogP contribution >= 0.6 is 0 Å². The topological polar surface area (TPSA) is 12.0 Å². The SMILES string of the molecule is Fc1ccc(CNCC2(c3ccccc3)CC(F)C2)c(C2CC2)c1. The van der Waals surface area contributed by atoms with Crippen molar-refractivity contribution < 1.29 is 8.78 Å². The lowest BCUT2D eigenvalue weighted by atomic mass is 9.63. The molecule has 2 aromatic rings. The first-order valence-electron chi connectivity index (χ1n) is 8.85. The Bertz CT molecular complexity index is 703. The van der Waals surface area contributed by atoms with Gasteiger partial charge in [-0.2, -0.15) is 0 Å². The average molecular weight is 327 g/mol. The van der Waals surface area contributed by atoms with Gasteiger partial charge in [0.25, 0.3) is 0 Å². The summed E-state index contributed by atoms with van der Waals surface area (Å²) in [6.07, 6.45) is 2.80. The molecule has 2 fully saturated rings. The van der Waals surface area contributed by atoms with E-state index in [1.165, 1.54) is 17.2 Å². The fraction of sp³-hybridized carbons (Fsp3) is 0.429. The van der Waals surface area contributed by atoms with Crippen LogP contribution in [0.2, 0.25) is 0 Å². The molecular weight excluding hydrogens is 304 g/mol. The molecule has 24 heavy (non-hydrogen) atoms. The van der Waals surface area contributed by atoms with Crippen LogP contribution in [0.1, 0.15) is 48.3 Å². The molecule has 0 atom stereocenters. The van der Waals surface area contributed by atoms with Gasteiger partial charge < -0.3 is 5.32 Å². The van der Waals surface area contributed by atoms with E-state index in [1.807, 2.05) is 24.3 Å². The van der Waals surface area contributed by atoms with Gasteiger partial charge in [-0.1, -0.05) is 36.4 Å².